The number of hydrogen-bond donors (Lipinski definition) is 0. The van der Waals surface area contributed by atoms with Crippen LogP contribution in [0.2, 0.25) is 0 Å². The fourth-order valence-electron chi connectivity index (χ4n) is 4.53. The van der Waals surface area contributed by atoms with Gasteiger partial charge in [-0.05, 0) is 54.2 Å². The van der Waals surface area contributed by atoms with Crippen LogP contribution in [0.5, 0.6) is 5.75 Å². The van der Waals surface area contributed by atoms with E-state index >= 15 is 0 Å². The Kier molecular flexibility index (Phi) is 7.08. The summed E-state index contributed by atoms with van der Waals surface area (Å²) in [6, 6.07) is 15.5. The molecule has 0 saturated carbocycles. The van der Waals surface area contributed by atoms with Gasteiger partial charge in [0.15, 0.2) is 0 Å². The number of ether oxygens (including phenoxy) is 2. The maximum absolute atomic E-state index is 12.8. The predicted octanol–water partition coefficient (Wildman–Crippen LogP) is 5.39. The summed E-state index contributed by atoms with van der Waals surface area (Å²) in [6.07, 6.45) is 1.54. The molecule has 0 aliphatic carbocycles. The Hall–Kier alpha value is -3.12. The van der Waals surface area contributed by atoms with E-state index in [1.54, 1.807) is 0 Å². The second-order valence-corrected chi connectivity index (χ2v) is 10.1. The number of carbonyl (C=O) groups is 1. The Morgan fingerprint density at radius 1 is 1.18 bits per heavy atom. The summed E-state index contributed by atoms with van der Waals surface area (Å²) in [5.74, 6) is 1.95. The zero-order valence-electron chi connectivity index (χ0n) is 20.8. The molecule has 0 bridgehead atoms. The van der Waals surface area contributed by atoms with Gasteiger partial charge < -0.3 is 13.9 Å². The van der Waals surface area contributed by atoms with Crippen LogP contribution in [-0.2, 0) is 22.4 Å². The molecule has 4 rings (SSSR count). The lowest BCUT2D eigenvalue weighted by atomic mass is 9.88. The molecule has 0 radical (unpaired) electrons. The molecule has 6 nitrogen and oxygen atoms in total. The molecule has 1 unspecified atom stereocenters. The summed E-state index contributed by atoms with van der Waals surface area (Å²) in [5.41, 5.74) is 4.07. The number of aryl methyl sites for hydroxylation is 1. The lowest BCUT2D eigenvalue weighted by Gasteiger charge is -2.39. The molecule has 1 aliphatic heterocycles. The SMILES string of the molecule is COC(=O)C1c2cc(OCCc3nc(-c4ccccc4)oc3C)ccc2CCN1CC(C)(C)C. The van der Waals surface area contributed by atoms with Gasteiger partial charge in [0, 0.05) is 25.1 Å². The van der Waals surface area contributed by atoms with Crippen molar-refractivity contribution in [2.24, 2.45) is 5.41 Å². The van der Waals surface area contributed by atoms with Crippen molar-refractivity contribution in [3.63, 3.8) is 0 Å². The van der Waals surface area contributed by atoms with Gasteiger partial charge in [0.2, 0.25) is 5.89 Å². The van der Waals surface area contributed by atoms with Gasteiger partial charge in [0.25, 0.3) is 0 Å². The first-order valence-corrected chi connectivity index (χ1v) is 11.8. The van der Waals surface area contributed by atoms with Gasteiger partial charge >= 0.3 is 5.97 Å². The van der Waals surface area contributed by atoms with Gasteiger partial charge in [-0.1, -0.05) is 45.0 Å². The molecule has 1 aromatic heterocycles. The predicted molar refractivity (Wildman–Crippen MR) is 132 cm³/mol. The van der Waals surface area contributed by atoms with Crippen LogP contribution in [0.15, 0.2) is 52.9 Å². The Morgan fingerprint density at radius 2 is 1.94 bits per heavy atom. The maximum Gasteiger partial charge on any atom is 0.327 e. The van der Waals surface area contributed by atoms with Crippen LogP contribution in [0, 0.1) is 12.3 Å². The maximum atomic E-state index is 12.8. The summed E-state index contributed by atoms with van der Waals surface area (Å²) >= 11 is 0. The molecule has 0 saturated heterocycles. The summed E-state index contributed by atoms with van der Waals surface area (Å²) in [4.78, 5) is 19.7. The van der Waals surface area contributed by atoms with Crippen LogP contribution in [0.1, 0.15) is 49.4 Å². The molecule has 1 atom stereocenters. The number of nitrogens with zero attached hydrogens (tertiary/aromatic N) is 2. The normalized spacial score (nSPS) is 16.2. The third-order valence-electron chi connectivity index (χ3n) is 6.07. The van der Waals surface area contributed by atoms with E-state index in [0.29, 0.717) is 18.9 Å². The minimum atomic E-state index is -0.414. The van der Waals surface area contributed by atoms with Crippen molar-refractivity contribution in [2.75, 3.05) is 26.8 Å². The van der Waals surface area contributed by atoms with Crippen LogP contribution in [-0.4, -0.2) is 42.7 Å². The smallest absolute Gasteiger partial charge is 0.327 e. The summed E-state index contributed by atoms with van der Waals surface area (Å²) in [5, 5.41) is 0. The van der Waals surface area contributed by atoms with E-state index < -0.39 is 6.04 Å². The number of methoxy groups -OCH3 is 1. The summed E-state index contributed by atoms with van der Waals surface area (Å²) in [7, 11) is 1.45. The number of rotatable bonds is 7. The molecule has 180 valence electrons. The third kappa shape index (κ3) is 5.50. The first-order valence-electron chi connectivity index (χ1n) is 11.8. The third-order valence-corrected chi connectivity index (χ3v) is 6.07. The number of benzene rings is 2. The highest BCUT2D eigenvalue weighted by molar-refractivity contribution is 5.78. The lowest BCUT2D eigenvalue weighted by molar-refractivity contribution is -0.148. The van der Waals surface area contributed by atoms with Crippen molar-refractivity contribution in [3.05, 3.63) is 71.1 Å². The number of aromatic nitrogens is 1. The fourth-order valence-corrected chi connectivity index (χ4v) is 4.53. The van der Waals surface area contributed by atoms with Crippen LogP contribution < -0.4 is 4.74 Å². The second kappa shape index (κ2) is 10.0. The van der Waals surface area contributed by atoms with Crippen molar-refractivity contribution >= 4 is 5.97 Å². The summed E-state index contributed by atoms with van der Waals surface area (Å²) < 4.78 is 17.1. The zero-order chi connectivity index (χ0) is 24.3. The molecule has 6 heteroatoms. The van der Waals surface area contributed by atoms with E-state index in [0.717, 1.165) is 47.8 Å². The van der Waals surface area contributed by atoms with E-state index in [1.807, 2.05) is 49.4 Å². The average molecular weight is 463 g/mol. The van der Waals surface area contributed by atoms with E-state index in [-0.39, 0.29) is 11.4 Å². The zero-order valence-corrected chi connectivity index (χ0v) is 20.8. The van der Waals surface area contributed by atoms with E-state index in [2.05, 4.69) is 36.7 Å². The highest BCUT2D eigenvalue weighted by atomic mass is 16.5. The van der Waals surface area contributed by atoms with Gasteiger partial charge in [-0.15, -0.1) is 0 Å². The van der Waals surface area contributed by atoms with Crippen LogP contribution in [0.25, 0.3) is 11.5 Å². The molecule has 2 heterocycles. The van der Waals surface area contributed by atoms with Gasteiger partial charge in [0.1, 0.15) is 17.6 Å². The number of oxazole rings is 1. The molecule has 0 fully saturated rings. The first kappa shape index (κ1) is 24.0. The number of carbonyl (C=O) groups excluding carboxylic acids is 1. The Balaban J connectivity index is 1.47. The topological polar surface area (TPSA) is 64.8 Å². The largest absolute Gasteiger partial charge is 0.493 e. The van der Waals surface area contributed by atoms with Crippen molar-refractivity contribution in [2.45, 2.75) is 46.6 Å². The highest BCUT2D eigenvalue weighted by Crippen LogP contribution is 2.35. The van der Waals surface area contributed by atoms with E-state index in [9.17, 15) is 4.79 Å². The van der Waals surface area contributed by atoms with E-state index in [4.69, 9.17) is 13.9 Å². The lowest BCUT2D eigenvalue weighted by Crippen LogP contribution is -2.44. The second-order valence-electron chi connectivity index (χ2n) is 10.1. The molecule has 34 heavy (non-hydrogen) atoms. The monoisotopic (exact) mass is 462 g/mol. The Bertz CT molecular complexity index is 1130. The fraction of sp³-hybridized carbons (Fsp3) is 0.429. The van der Waals surface area contributed by atoms with Crippen molar-refractivity contribution in [1.82, 2.24) is 9.88 Å². The highest BCUT2D eigenvalue weighted by Gasteiger charge is 2.36. The minimum absolute atomic E-state index is 0.0753. The van der Waals surface area contributed by atoms with Crippen molar-refractivity contribution in [3.8, 4) is 17.2 Å². The van der Waals surface area contributed by atoms with Crippen LogP contribution in [0.4, 0.5) is 0 Å². The van der Waals surface area contributed by atoms with E-state index in [1.165, 1.54) is 12.7 Å². The van der Waals surface area contributed by atoms with Gasteiger partial charge in [-0.2, -0.15) is 0 Å². The quantitative estimate of drug-likeness (QED) is 0.439. The Morgan fingerprint density at radius 3 is 2.65 bits per heavy atom. The van der Waals surface area contributed by atoms with Gasteiger partial charge in [0.05, 0.1) is 19.4 Å². The van der Waals surface area contributed by atoms with Crippen molar-refractivity contribution in [1.29, 1.82) is 0 Å². The van der Waals surface area contributed by atoms with Crippen LogP contribution >= 0.6 is 0 Å². The number of esters is 1. The standard InChI is InChI=1S/C28H34N2O4/c1-19-24(29-26(34-19)21-9-7-6-8-10-21)14-16-33-22-12-11-20-13-15-30(18-28(2,3)4)25(23(20)17-22)27(31)32-5/h6-12,17,25H,13-16,18H2,1-5H3. The molecule has 2 aromatic carbocycles. The molecular weight excluding hydrogens is 428 g/mol. The minimum Gasteiger partial charge on any atom is -0.493 e. The molecule has 0 spiro atoms. The summed E-state index contributed by atoms with van der Waals surface area (Å²) in [6.45, 7) is 10.6. The Labute approximate surface area is 201 Å². The molecule has 0 N–H and O–H groups in total. The number of fused-ring (bicyclic) bond motifs is 1. The molecular formula is C28H34N2O4. The van der Waals surface area contributed by atoms with Crippen LogP contribution in [0.3, 0.4) is 0 Å². The van der Waals surface area contributed by atoms with Gasteiger partial charge in [-0.3, -0.25) is 4.90 Å². The molecule has 3 aromatic rings. The van der Waals surface area contributed by atoms with Gasteiger partial charge in [-0.25, -0.2) is 9.78 Å². The molecule has 1 aliphatic rings. The average Bonchev–Trinajstić information content (AvgIpc) is 3.18. The number of hydrogen-bond acceptors (Lipinski definition) is 6. The first-order chi connectivity index (χ1) is 16.2. The molecule has 0 amide bonds. The van der Waals surface area contributed by atoms with Crippen molar-refractivity contribution < 1.29 is 18.7 Å².